The van der Waals surface area contributed by atoms with Crippen molar-refractivity contribution < 1.29 is 4.90 Å². The molecule has 1 saturated heterocycles. The first-order valence-electron chi connectivity index (χ1n) is 5.80. The van der Waals surface area contributed by atoms with E-state index in [1.165, 1.54) is 4.90 Å². The van der Waals surface area contributed by atoms with Crippen LogP contribution in [-0.4, -0.2) is 47.9 Å². The quantitative estimate of drug-likeness (QED) is 0.431. The zero-order valence-electron chi connectivity index (χ0n) is 10.2. The number of hydrogen-bond acceptors (Lipinski definition) is 3. The van der Waals surface area contributed by atoms with E-state index in [0.717, 1.165) is 25.9 Å². The Morgan fingerprint density at radius 1 is 1.50 bits per heavy atom. The molecule has 0 amide bonds. The fraction of sp³-hybridized carbons (Fsp3) is 0.500. The van der Waals surface area contributed by atoms with Gasteiger partial charge in [-0.15, -0.1) is 0 Å². The first-order chi connectivity index (χ1) is 8.55. The van der Waals surface area contributed by atoms with Gasteiger partial charge in [-0.25, -0.2) is 0 Å². The second kappa shape index (κ2) is 4.72. The molecular weight excluding hydrogens is 293 g/mol. The van der Waals surface area contributed by atoms with E-state index >= 15 is 0 Å². The van der Waals surface area contributed by atoms with Crippen LogP contribution in [0.2, 0.25) is 0 Å². The summed E-state index contributed by atoms with van der Waals surface area (Å²) in [5, 5.41) is 18.7. The van der Waals surface area contributed by atoms with Crippen molar-refractivity contribution in [2.24, 2.45) is 16.1 Å². The number of hydrogen-bond donors (Lipinski definition) is 2. The standard InChI is InChI=1S/C12H13N5Se/c1-17-4-2-12(3-5-17)8(6-13)10(15)16-11(18)9(12)7-14/h2-5H2,1H3,(H2,15,16)/q-1/p+1. The summed E-state index contributed by atoms with van der Waals surface area (Å²) >= 11 is 2.80. The number of piperidine rings is 1. The fourth-order valence-corrected chi connectivity index (χ4v) is 3.43. The van der Waals surface area contributed by atoms with Gasteiger partial charge in [0, 0.05) is 0 Å². The third-order valence-electron chi connectivity index (χ3n) is 3.83. The molecule has 18 heavy (non-hydrogen) atoms. The molecule has 1 spiro atoms. The van der Waals surface area contributed by atoms with Crippen LogP contribution in [0.3, 0.4) is 0 Å². The van der Waals surface area contributed by atoms with Crippen molar-refractivity contribution in [1.29, 1.82) is 5.26 Å². The third kappa shape index (κ3) is 1.82. The molecule has 1 radical (unpaired) electrons. The predicted molar refractivity (Wildman–Crippen MR) is 70.2 cm³/mol. The molecule has 6 heteroatoms. The van der Waals surface area contributed by atoms with E-state index in [2.05, 4.69) is 40.0 Å². The molecule has 0 aromatic carbocycles. The molecule has 93 valence electrons. The van der Waals surface area contributed by atoms with Gasteiger partial charge in [0.15, 0.2) is 0 Å². The minimum atomic E-state index is -0.518. The van der Waals surface area contributed by atoms with Gasteiger partial charge in [0.25, 0.3) is 0 Å². The molecule has 0 bridgehead atoms. The number of allylic oxidation sites excluding steroid dienone is 1. The molecule has 2 rings (SSSR count). The van der Waals surface area contributed by atoms with Gasteiger partial charge >= 0.3 is 114 Å². The van der Waals surface area contributed by atoms with Crippen LogP contribution in [0.1, 0.15) is 12.8 Å². The molecule has 2 heterocycles. The average Bonchev–Trinajstić information content (AvgIpc) is 2.33. The maximum absolute atomic E-state index is 9.38. The predicted octanol–water partition coefficient (Wildman–Crippen LogP) is -1.28. The molecule has 0 unspecified atom stereocenters. The second-order valence-electron chi connectivity index (χ2n) is 4.82. The van der Waals surface area contributed by atoms with E-state index in [0.29, 0.717) is 15.7 Å². The van der Waals surface area contributed by atoms with E-state index < -0.39 is 5.41 Å². The van der Waals surface area contributed by atoms with Crippen LogP contribution < -0.4 is 10.6 Å². The van der Waals surface area contributed by atoms with Crippen molar-refractivity contribution in [2.45, 2.75) is 12.8 Å². The van der Waals surface area contributed by atoms with Gasteiger partial charge in [0.2, 0.25) is 0 Å². The van der Waals surface area contributed by atoms with E-state index in [4.69, 9.17) is 5.73 Å². The van der Waals surface area contributed by atoms with Crippen molar-refractivity contribution in [2.75, 3.05) is 20.1 Å². The van der Waals surface area contributed by atoms with E-state index in [1.54, 1.807) is 0 Å². The van der Waals surface area contributed by atoms with Crippen LogP contribution in [0.25, 0.3) is 5.41 Å². The summed E-state index contributed by atoms with van der Waals surface area (Å²) in [6, 6.07) is 2.22. The number of nitrogens with one attached hydrogen (secondary N) is 1. The van der Waals surface area contributed by atoms with Crippen molar-refractivity contribution >= 4 is 27.7 Å². The summed E-state index contributed by atoms with van der Waals surface area (Å²) in [7, 11) is 2.12. The summed E-state index contributed by atoms with van der Waals surface area (Å²) in [5.74, 6) is 2.42. The second-order valence-corrected chi connectivity index (χ2v) is 5.63. The Hall–Kier alpha value is -1.37. The molecule has 3 N–H and O–H groups in total. The summed E-state index contributed by atoms with van der Waals surface area (Å²) in [5.41, 5.74) is 6.37. The molecule has 2 aliphatic heterocycles. The molecule has 2 aliphatic rings. The topological polar surface area (TPSA) is 88.9 Å². The Balaban J connectivity index is 2.58. The van der Waals surface area contributed by atoms with Crippen LogP contribution in [0.15, 0.2) is 20.7 Å². The van der Waals surface area contributed by atoms with E-state index in [1.807, 2.05) is 0 Å². The van der Waals surface area contributed by atoms with Gasteiger partial charge in [-0.3, -0.25) is 0 Å². The number of rotatable bonds is 0. The summed E-state index contributed by atoms with van der Waals surface area (Å²) < 4.78 is 0.536. The summed E-state index contributed by atoms with van der Waals surface area (Å²) in [6.07, 6.45) is 1.54. The van der Waals surface area contributed by atoms with Gasteiger partial charge in [-0.05, 0) is 0 Å². The Morgan fingerprint density at radius 2 is 2.11 bits per heavy atom. The minimum absolute atomic E-state index is 0.254. The van der Waals surface area contributed by atoms with Gasteiger partial charge in [0.1, 0.15) is 0 Å². The van der Waals surface area contributed by atoms with Gasteiger partial charge < -0.3 is 0 Å². The Labute approximate surface area is 114 Å². The van der Waals surface area contributed by atoms with E-state index in [-0.39, 0.29) is 5.84 Å². The molecular formula is C12H14N5Se. The summed E-state index contributed by atoms with van der Waals surface area (Å²) in [4.78, 5) is 5.50. The van der Waals surface area contributed by atoms with Crippen LogP contribution in [0.4, 0.5) is 0 Å². The first-order valence-corrected chi connectivity index (χ1v) is 6.66. The monoisotopic (exact) mass is 308 g/mol. The number of nitriles is 1. The van der Waals surface area contributed by atoms with Crippen LogP contribution in [0.5, 0.6) is 0 Å². The first kappa shape index (κ1) is 13.1. The van der Waals surface area contributed by atoms with Gasteiger partial charge in [0.05, 0.1) is 0 Å². The van der Waals surface area contributed by atoms with Crippen molar-refractivity contribution in [3.8, 4) is 6.07 Å². The van der Waals surface area contributed by atoms with Crippen molar-refractivity contribution in [3.05, 3.63) is 21.2 Å². The number of aliphatic imine (C=N–C) groups is 1. The Bertz CT molecular complexity index is 525. The van der Waals surface area contributed by atoms with Crippen molar-refractivity contribution in [1.82, 2.24) is 0 Å². The average molecular weight is 307 g/mol. The van der Waals surface area contributed by atoms with Crippen LogP contribution in [0, 0.1) is 16.7 Å². The zero-order valence-corrected chi connectivity index (χ0v) is 11.9. The maximum atomic E-state index is 9.38. The third-order valence-corrected chi connectivity index (χ3v) is 4.45. The molecule has 1 fully saturated rings. The Kier molecular flexibility index (Phi) is 3.43. The number of amidine groups is 1. The molecule has 0 saturated carbocycles. The van der Waals surface area contributed by atoms with Crippen LogP contribution in [-0.2, 0) is 0 Å². The number of nitrogens with two attached hydrogens (primary N) is 1. The molecule has 5 nitrogen and oxygen atoms in total. The van der Waals surface area contributed by atoms with Gasteiger partial charge in [-0.2, -0.15) is 0 Å². The number of nitrogens with zero attached hydrogens (tertiary/aromatic N) is 3. The number of quaternary nitrogens is 1. The van der Waals surface area contributed by atoms with Crippen LogP contribution >= 0.6 is 0 Å². The van der Waals surface area contributed by atoms with Crippen molar-refractivity contribution in [3.63, 3.8) is 0 Å². The molecule has 0 aromatic rings. The zero-order chi connectivity index (χ0) is 13.3. The molecule has 0 aromatic heterocycles. The molecule has 0 aliphatic carbocycles. The SMILES string of the molecule is C[NH+]1CCC2(CC1)C(=C=[N-])C(N)=NC([Se])=C2C#N. The van der Waals surface area contributed by atoms with E-state index in [9.17, 15) is 10.7 Å². The summed E-state index contributed by atoms with van der Waals surface area (Å²) in [6.45, 7) is 1.86. The molecule has 0 atom stereocenters. The van der Waals surface area contributed by atoms with Gasteiger partial charge in [-0.1, -0.05) is 0 Å². The Morgan fingerprint density at radius 3 is 2.61 bits per heavy atom. The normalized spacial score (nSPS) is 31.9. The number of likely N-dealkylation sites (tertiary alicyclic amines) is 1. The fourth-order valence-electron chi connectivity index (χ4n) is 2.72.